The van der Waals surface area contributed by atoms with E-state index in [9.17, 15) is 10.4 Å². The number of imidazole rings is 1. The number of benzene rings is 1. The van der Waals surface area contributed by atoms with Crippen LogP contribution < -0.4 is 16.2 Å². The van der Waals surface area contributed by atoms with Crippen molar-refractivity contribution in [2.75, 3.05) is 11.5 Å². The Morgan fingerprint density at radius 2 is 2.20 bits per heavy atom. The number of rotatable bonds is 2. The van der Waals surface area contributed by atoms with E-state index in [0.29, 0.717) is 16.3 Å². The Morgan fingerprint density at radius 3 is 2.92 bits per heavy atom. The van der Waals surface area contributed by atoms with E-state index in [1.54, 1.807) is 18.5 Å². The highest BCUT2D eigenvalue weighted by Gasteiger charge is 2.35. The molecule has 2 aromatic heterocycles. The number of nitrogens with two attached hydrogens (primary N) is 2. The zero-order chi connectivity index (χ0) is 17.6. The van der Waals surface area contributed by atoms with Crippen LogP contribution in [0.25, 0.3) is 0 Å². The number of aromatic nitrogens is 3. The van der Waals surface area contributed by atoms with Crippen LogP contribution in [0.15, 0.2) is 35.7 Å². The van der Waals surface area contributed by atoms with E-state index in [1.807, 2.05) is 12.1 Å². The van der Waals surface area contributed by atoms with E-state index in [4.69, 9.17) is 16.2 Å². The van der Waals surface area contributed by atoms with E-state index in [0.717, 1.165) is 0 Å². The van der Waals surface area contributed by atoms with Gasteiger partial charge in [-0.25, -0.2) is 4.98 Å². The molecule has 0 radical (unpaired) electrons. The summed E-state index contributed by atoms with van der Waals surface area (Å²) < 4.78 is 5.74. The number of pyridine rings is 1. The third-order valence-corrected chi connectivity index (χ3v) is 5.02. The summed E-state index contributed by atoms with van der Waals surface area (Å²) >= 11 is 1.38. The molecule has 8 nitrogen and oxygen atoms in total. The maximum absolute atomic E-state index is 10.2. The minimum Gasteiger partial charge on any atom is -0.504 e. The summed E-state index contributed by atoms with van der Waals surface area (Å²) in [4.78, 5) is 11.4. The van der Waals surface area contributed by atoms with Crippen molar-refractivity contribution in [1.29, 1.82) is 5.26 Å². The van der Waals surface area contributed by atoms with Gasteiger partial charge >= 0.3 is 0 Å². The van der Waals surface area contributed by atoms with Gasteiger partial charge in [-0.1, -0.05) is 23.9 Å². The monoisotopic (exact) mass is 352 g/mol. The Morgan fingerprint density at radius 1 is 1.36 bits per heavy atom. The fourth-order valence-corrected chi connectivity index (χ4v) is 3.86. The maximum Gasteiger partial charge on any atom is 0.228 e. The lowest BCUT2D eigenvalue weighted by atomic mass is 9.98. The number of hydrogen-bond acceptors (Lipinski definition) is 8. The van der Waals surface area contributed by atoms with Gasteiger partial charge in [0.2, 0.25) is 5.88 Å². The first-order valence-corrected chi connectivity index (χ1v) is 8.12. The molecule has 1 atom stereocenters. The van der Waals surface area contributed by atoms with Crippen LogP contribution >= 0.6 is 11.8 Å². The molecule has 1 aliphatic rings. The number of thioether (sulfide) groups is 1. The van der Waals surface area contributed by atoms with Crippen molar-refractivity contribution in [1.82, 2.24) is 15.0 Å². The van der Waals surface area contributed by atoms with Crippen molar-refractivity contribution in [2.45, 2.75) is 10.4 Å². The second-order valence-electron chi connectivity index (χ2n) is 5.31. The Bertz CT molecular complexity index is 1010. The first-order valence-electron chi connectivity index (χ1n) is 7.25. The van der Waals surface area contributed by atoms with Crippen LogP contribution in [0.5, 0.6) is 17.4 Å². The summed E-state index contributed by atoms with van der Waals surface area (Å²) in [5.41, 5.74) is 13.6. The largest absolute Gasteiger partial charge is 0.504 e. The zero-order valence-electron chi connectivity index (χ0n) is 12.7. The molecule has 124 valence electrons. The standard InChI is InChI=1S/C16H12N6O2S/c17-6-8-11(18)10-13(25-16-20-4-5-21-16)7-2-1-3-9(23)12(7)24-15(10)22-14(8)19/h1-5,13,23H,(H,20,21)(H4,18,19,22). The predicted molar refractivity (Wildman–Crippen MR) is 92.2 cm³/mol. The summed E-state index contributed by atoms with van der Waals surface area (Å²) in [5, 5.41) is 19.8. The molecule has 1 unspecified atom stereocenters. The molecule has 0 amide bonds. The number of anilines is 2. The van der Waals surface area contributed by atoms with Crippen LogP contribution in [0.4, 0.5) is 11.5 Å². The molecular formula is C16H12N6O2S. The molecule has 0 aliphatic carbocycles. The van der Waals surface area contributed by atoms with Crippen molar-refractivity contribution >= 4 is 23.3 Å². The number of nitrogens with one attached hydrogen (secondary N) is 1. The minimum absolute atomic E-state index is 0.0145. The number of aromatic hydroxyl groups is 1. The second-order valence-corrected chi connectivity index (χ2v) is 6.40. The smallest absolute Gasteiger partial charge is 0.228 e. The molecule has 4 rings (SSSR count). The molecule has 0 spiro atoms. The minimum atomic E-state index is -0.378. The zero-order valence-corrected chi connectivity index (χ0v) is 13.5. The van der Waals surface area contributed by atoms with Crippen LogP contribution in [-0.4, -0.2) is 20.1 Å². The average Bonchev–Trinajstić information content (AvgIpc) is 3.09. The quantitative estimate of drug-likeness (QED) is 0.550. The number of phenolic OH excluding ortho intramolecular Hbond substituents is 1. The lowest BCUT2D eigenvalue weighted by Gasteiger charge is -2.28. The Balaban J connectivity index is 1.96. The van der Waals surface area contributed by atoms with Gasteiger partial charge in [0, 0.05) is 18.0 Å². The number of nitriles is 1. The first-order chi connectivity index (χ1) is 12.1. The van der Waals surface area contributed by atoms with Gasteiger partial charge in [0.15, 0.2) is 16.7 Å². The van der Waals surface area contributed by atoms with Gasteiger partial charge in [-0.15, -0.1) is 0 Å². The molecule has 0 fully saturated rings. The van der Waals surface area contributed by atoms with Gasteiger partial charge < -0.3 is 26.3 Å². The number of ether oxygens (including phenoxy) is 1. The third-order valence-electron chi connectivity index (χ3n) is 3.85. The predicted octanol–water partition coefficient (Wildman–Crippen LogP) is 2.53. The van der Waals surface area contributed by atoms with Crippen LogP contribution in [0.3, 0.4) is 0 Å². The summed E-state index contributed by atoms with van der Waals surface area (Å²) in [5.74, 6) is 0.429. The van der Waals surface area contributed by atoms with Gasteiger partial charge in [0.05, 0.1) is 16.5 Å². The first kappa shape index (κ1) is 15.2. The molecule has 25 heavy (non-hydrogen) atoms. The number of hydrogen-bond donors (Lipinski definition) is 4. The molecule has 0 saturated carbocycles. The summed E-state index contributed by atoms with van der Waals surface area (Å²) in [6, 6.07) is 7.03. The van der Waals surface area contributed by atoms with Gasteiger partial charge in [-0.05, 0) is 6.07 Å². The molecule has 3 aromatic rings. The lowest BCUT2D eigenvalue weighted by molar-refractivity contribution is 0.389. The normalized spacial score (nSPS) is 14.9. The van der Waals surface area contributed by atoms with E-state index >= 15 is 0 Å². The van der Waals surface area contributed by atoms with Crippen molar-refractivity contribution < 1.29 is 9.84 Å². The molecular weight excluding hydrogens is 340 g/mol. The molecule has 1 aliphatic heterocycles. The molecule has 1 aromatic carbocycles. The van der Waals surface area contributed by atoms with Crippen molar-refractivity contribution in [3.63, 3.8) is 0 Å². The van der Waals surface area contributed by atoms with E-state index in [2.05, 4.69) is 15.0 Å². The summed E-state index contributed by atoms with van der Waals surface area (Å²) in [6.45, 7) is 0. The van der Waals surface area contributed by atoms with Crippen LogP contribution in [0.2, 0.25) is 0 Å². The Kier molecular flexibility index (Phi) is 3.40. The highest BCUT2D eigenvalue weighted by atomic mass is 32.2. The van der Waals surface area contributed by atoms with E-state index in [-0.39, 0.29) is 39.7 Å². The number of H-pyrrole nitrogens is 1. The SMILES string of the molecule is N#Cc1c(N)nc2c(c1N)C(Sc1ncc[nH]1)c1cccc(O)c1O2. The number of aromatic amines is 1. The molecule has 9 heteroatoms. The van der Waals surface area contributed by atoms with Crippen molar-refractivity contribution in [3.8, 4) is 23.4 Å². The van der Waals surface area contributed by atoms with Gasteiger partial charge in [0.1, 0.15) is 17.5 Å². The lowest BCUT2D eigenvalue weighted by Crippen LogP contribution is -2.15. The number of para-hydroxylation sites is 1. The number of fused-ring (bicyclic) bond motifs is 2. The van der Waals surface area contributed by atoms with Crippen LogP contribution in [0.1, 0.15) is 21.9 Å². The summed E-state index contributed by atoms with van der Waals surface area (Å²) in [7, 11) is 0. The Labute approximate surface area is 146 Å². The topological polar surface area (TPSA) is 147 Å². The van der Waals surface area contributed by atoms with Crippen LogP contribution in [0, 0.1) is 11.3 Å². The molecule has 0 bridgehead atoms. The van der Waals surface area contributed by atoms with Crippen molar-refractivity contribution in [2.24, 2.45) is 0 Å². The van der Waals surface area contributed by atoms with E-state index in [1.165, 1.54) is 17.8 Å². The number of nitrogen functional groups attached to an aromatic ring is 2. The average molecular weight is 352 g/mol. The highest BCUT2D eigenvalue weighted by molar-refractivity contribution is 7.99. The number of phenols is 1. The molecule has 3 heterocycles. The van der Waals surface area contributed by atoms with Gasteiger partial charge in [0.25, 0.3) is 0 Å². The third kappa shape index (κ3) is 2.31. The van der Waals surface area contributed by atoms with Crippen LogP contribution in [-0.2, 0) is 0 Å². The second kappa shape index (κ2) is 5.61. The van der Waals surface area contributed by atoms with E-state index < -0.39 is 0 Å². The molecule has 0 saturated heterocycles. The van der Waals surface area contributed by atoms with Gasteiger partial charge in [-0.2, -0.15) is 10.2 Å². The van der Waals surface area contributed by atoms with Crippen molar-refractivity contribution in [3.05, 3.63) is 47.3 Å². The Hall–Kier alpha value is -3.38. The fraction of sp³-hybridized carbons (Fsp3) is 0.0625. The fourth-order valence-electron chi connectivity index (χ4n) is 2.72. The summed E-state index contributed by atoms with van der Waals surface area (Å²) in [6.07, 6.45) is 3.34. The molecule has 6 N–H and O–H groups in total. The number of nitrogens with zero attached hydrogens (tertiary/aromatic N) is 3. The van der Waals surface area contributed by atoms with Gasteiger partial charge in [-0.3, -0.25) is 0 Å². The highest BCUT2D eigenvalue weighted by Crippen LogP contribution is 2.55. The maximum atomic E-state index is 10.2.